The maximum absolute atomic E-state index is 12.7. The monoisotopic (exact) mass is 373 g/mol. The van der Waals surface area contributed by atoms with Crippen molar-refractivity contribution in [3.05, 3.63) is 0 Å². The molecular weight excluding hydrogens is 346 g/mol. The van der Waals surface area contributed by atoms with Gasteiger partial charge in [0.05, 0.1) is 26.7 Å². The Morgan fingerprint density at radius 3 is 1.88 bits per heavy atom. The Morgan fingerprint density at radius 1 is 1.08 bits per heavy atom. The number of ether oxygens (including phenoxy) is 3. The lowest BCUT2D eigenvalue weighted by atomic mass is 9.80. The second kappa shape index (κ2) is 7.61. The normalized spacial score (nSPS) is 23.2. The zero-order chi connectivity index (χ0) is 20.4. The van der Waals surface area contributed by atoms with E-state index < -0.39 is 59.4 Å². The highest BCUT2D eigenvalue weighted by molar-refractivity contribution is 6.13. The lowest BCUT2D eigenvalue weighted by Gasteiger charge is -2.43. The van der Waals surface area contributed by atoms with E-state index in [1.54, 1.807) is 27.7 Å². The SMILES string of the molecule is COC(=O)C1(C(=O)OC)N([C@@H](C(=O)OC(C)C)C(C)C)C(=O)CC1(C)O. The summed E-state index contributed by atoms with van der Waals surface area (Å²) in [5.41, 5.74) is -4.66. The Balaban J connectivity index is 3.70. The molecule has 0 bridgehead atoms. The van der Waals surface area contributed by atoms with Crippen LogP contribution in [0.4, 0.5) is 0 Å². The molecule has 0 aromatic carbocycles. The van der Waals surface area contributed by atoms with Gasteiger partial charge in [-0.1, -0.05) is 13.8 Å². The van der Waals surface area contributed by atoms with E-state index in [2.05, 4.69) is 0 Å². The first-order valence-corrected chi connectivity index (χ1v) is 8.30. The van der Waals surface area contributed by atoms with Gasteiger partial charge in [0.25, 0.3) is 5.54 Å². The molecule has 1 unspecified atom stereocenters. The molecule has 26 heavy (non-hydrogen) atoms. The molecule has 148 valence electrons. The van der Waals surface area contributed by atoms with E-state index in [4.69, 9.17) is 14.2 Å². The minimum absolute atomic E-state index is 0.479. The molecule has 1 rings (SSSR count). The van der Waals surface area contributed by atoms with Gasteiger partial charge in [-0.2, -0.15) is 0 Å². The molecule has 0 aromatic heterocycles. The minimum Gasteiger partial charge on any atom is -0.467 e. The van der Waals surface area contributed by atoms with Crippen molar-refractivity contribution < 1.29 is 38.5 Å². The Bertz CT molecular complexity index is 580. The van der Waals surface area contributed by atoms with Gasteiger partial charge >= 0.3 is 17.9 Å². The Labute approximate surface area is 152 Å². The van der Waals surface area contributed by atoms with Crippen molar-refractivity contribution in [1.82, 2.24) is 4.90 Å². The molecular formula is C17H27NO8. The summed E-state index contributed by atoms with van der Waals surface area (Å²) in [7, 11) is 2.03. The van der Waals surface area contributed by atoms with Crippen LogP contribution in [-0.2, 0) is 33.4 Å². The second-order valence-corrected chi connectivity index (χ2v) is 7.08. The number of aliphatic hydroxyl groups is 1. The zero-order valence-electron chi connectivity index (χ0n) is 16.2. The van der Waals surface area contributed by atoms with Crippen molar-refractivity contribution >= 4 is 23.8 Å². The summed E-state index contributed by atoms with van der Waals surface area (Å²) in [6.07, 6.45) is -1.04. The zero-order valence-corrected chi connectivity index (χ0v) is 16.2. The van der Waals surface area contributed by atoms with Crippen LogP contribution >= 0.6 is 0 Å². The molecule has 1 amide bonds. The fourth-order valence-electron chi connectivity index (χ4n) is 3.31. The fourth-order valence-corrected chi connectivity index (χ4v) is 3.31. The van der Waals surface area contributed by atoms with Gasteiger partial charge in [0.1, 0.15) is 11.6 Å². The number of methoxy groups -OCH3 is 2. The van der Waals surface area contributed by atoms with Gasteiger partial charge in [0.2, 0.25) is 5.91 Å². The molecule has 1 aliphatic rings. The van der Waals surface area contributed by atoms with Crippen LogP contribution in [0.2, 0.25) is 0 Å². The molecule has 9 nitrogen and oxygen atoms in total. The average Bonchev–Trinajstić information content (AvgIpc) is 2.71. The highest BCUT2D eigenvalue weighted by atomic mass is 16.6. The molecule has 1 saturated heterocycles. The van der Waals surface area contributed by atoms with Gasteiger partial charge in [-0.15, -0.1) is 0 Å². The summed E-state index contributed by atoms with van der Waals surface area (Å²) in [6, 6.07) is -1.29. The third-order valence-corrected chi connectivity index (χ3v) is 4.37. The van der Waals surface area contributed by atoms with Crippen molar-refractivity contribution in [2.45, 2.75) is 64.3 Å². The average molecular weight is 373 g/mol. The summed E-state index contributed by atoms with van der Waals surface area (Å²) in [4.78, 5) is 51.4. The number of carbonyl (C=O) groups excluding carboxylic acids is 4. The molecule has 1 aliphatic heterocycles. The topological polar surface area (TPSA) is 119 Å². The number of rotatable bonds is 6. The van der Waals surface area contributed by atoms with Gasteiger partial charge in [-0.05, 0) is 26.7 Å². The van der Waals surface area contributed by atoms with Gasteiger partial charge in [0.15, 0.2) is 0 Å². The predicted octanol–water partition coefficient (Wildman–Crippen LogP) is 0.0307. The van der Waals surface area contributed by atoms with Crippen LogP contribution in [0.3, 0.4) is 0 Å². The maximum Gasteiger partial charge on any atom is 0.346 e. The Morgan fingerprint density at radius 2 is 1.54 bits per heavy atom. The lowest BCUT2D eigenvalue weighted by Crippen LogP contribution is -2.71. The van der Waals surface area contributed by atoms with Crippen LogP contribution in [0, 0.1) is 5.92 Å². The molecule has 1 N–H and O–H groups in total. The van der Waals surface area contributed by atoms with E-state index in [-0.39, 0.29) is 0 Å². The van der Waals surface area contributed by atoms with Crippen molar-refractivity contribution in [3.63, 3.8) is 0 Å². The van der Waals surface area contributed by atoms with Crippen LogP contribution in [0.25, 0.3) is 0 Å². The maximum atomic E-state index is 12.7. The largest absolute Gasteiger partial charge is 0.467 e. The molecule has 1 fully saturated rings. The molecule has 0 radical (unpaired) electrons. The van der Waals surface area contributed by atoms with Crippen molar-refractivity contribution in [1.29, 1.82) is 0 Å². The number of amides is 1. The second-order valence-electron chi connectivity index (χ2n) is 7.08. The first-order valence-electron chi connectivity index (χ1n) is 8.30. The van der Waals surface area contributed by atoms with Gasteiger partial charge in [-0.25, -0.2) is 14.4 Å². The van der Waals surface area contributed by atoms with E-state index in [0.717, 1.165) is 26.0 Å². The minimum atomic E-state index is -2.52. The highest BCUT2D eigenvalue weighted by Crippen LogP contribution is 2.44. The van der Waals surface area contributed by atoms with E-state index in [9.17, 15) is 24.3 Å². The Kier molecular flexibility index (Phi) is 6.40. The van der Waals surface area contributed by atoms with E-state index in [0.29, 0.717) is 0 Å². The third-order valence-electron chi connectivity index (χ3n) is 4.37. The number of carbonyl (C=O) groups is 4. The molecule has 0 saturated carbocycles. The lowest BCUT2D eigenvalue weighted by molar-refractivity contribution is -0.192. The van der Waals surface area contributed by atoms with E-state index in [1.807, 2.05) is 0 Å². The predicted molar refractivity (Wildman–Crippen MR) is 88.7 cm³/mol. The Hall–Kier alpha value is -2.16. The highest BCUT2D eigenvalue weighted by Gasteiger charge is 2.73. The van der Waals surface area contributed by atoms with Crippen molar-refractivity contribution in [2.24, 2.45) is 5.92 Å². The number of hydrogen-bond acceptors (Lipinski definition) is 8. The van der Waals surface area contributed by atoms with Crippen LogP contribution in [0.1, 0.15) is 41.0 Å². The van der Waals surface area contributed by atoms with Crippen LogP contribution in [0.5, 0.6) is 0 Å². The number of nitrogens with zero attached hydrogens (tertiary/aromatic N) is 1. The number of hydrogen-bond donors (Lipinski definition) is 1. The first kappa shape index (κ1) is 21.9. The quantitative estimate of drug-likeness (QED) is 0.393. The summed E-state index contributed by atoms with van der Waals surface area (Å²) >= 11 is 0. The van der Waals surface area contributed by atoms with Crippen molar-refractivity contribution in [2.75, 3.05) is 14.2 Å². The van der Waals surface area contributed by atoms with Crippen LogP contribution in [-0.4, -0.2) is 71.3 Å². The van der Waals surface area contributed by atoms with Crippen molar-refractivity contribution in [3.8, 4) is 0 Å². The molecule has 9 heteroatoms. The van der Waals surface area contributed by atoms with E-state index in [1.165, 1.54) is 0 Å². The van der Waals surface area contributed by atoms with Crippen LogP contribution < -0.4 is 0 Å². The summed E-state index contributed by atoms with van der Waals surface area (Å²) < 4.78 is 14.6. The molecule has 0 aromatic rings. The molecule has 2 atom stereocenters. The summed E-state index contributed by atoms with van der Waals surface area (Å²) in [5, 5.41) is 10.8. The standard InChI is InChI=1S/C17H27NO8/c1-9(2)12(13(20)26-10(3)4)18-11(19)8-16(5,23)17(18,14(21)24-6)15(22)25-7/h9-10,12,23H,8H2,1-7H3/t12-,16?/m1/s1. The van der Waals surface area contributed by atoms with Gasteiger partial charge < -0.3 is 24.2 Å². The fraction of sp³-hybridized carbons (Fsp3) is 0.765. The summed E-state index contributed by atoms with van der Waals surface area (Å²) in [6.45, 7) is 7.68. The number of esters is 3. The summed E-state index contributed by atoms with van der Waals surface area (Å²) in [5.74, 6) is -4.46. The first-order chi connectivity index (χ1) is 11.9. The van der Waals surface area contributed by atoms with Gasteiger partial charge in [-0.3, -0.25) is 4.79 Å². The molecule has 0 spiro atoms. The van der Waals surface area contributed by atoms with Crippen LogP contribution in [0.15, 0.2) is 0 Å². The number of likely N-dealkylation sites (tertiary alicyclic amines) is 1. The molecule has 0 aliphatic carbocycles. The molecule has 1 heterocycles. The third kappa shape index (κ3) is 3.27. The van der Waals surface area contributed by atoms with E-state index >= 15 is 0 Å². The van der Waals surface area contributed by atoms with Gasteiger partial charge in [0, 0.05) is 0 Å². The smallest absolute Gasteiger partial charge is 0.346 e.